The third-order valence-electron chi connectivity index (χ3n) is 4.56. The third-order valence-corrected chi connectivity index (χ3v) is 4.56. The molecule has 1 amide bonds. The number of para-hydroxylation sites is 1. The van der Waals surface area contributed by atoms with Gasteiger partial charge in [0.15, 0.2) is 0 Å². The van der Waals surface area contributed by atoms with Crippen molar-refractivity contribution >= 4 is 23.2 Å². The molecule has 1 aliphatic heterocycles. The molecule has 1 heterocycles. The number of amides is 1. The van der Waals surface area contributed by atoms with E-state index in [0.29, 0.717) is 0 Å². The molecule has 3 aromatic carbocycles. The van der Waals surface area contributed by atoms with Crippen LogP contribution in [0.5, 0.6) is 0 Å². The smallest absolute Gasteiger partial charge is 0.258 e. The van der Waals surface area contributed by atoms with E-state index in [1.807, 2.05) is 89.8 Å². The van der Waals surface area contributed by atoms with Crippen molar-refractivity contribution in [1.29, 1.82) is 0 Å². The van der Waals surface area contributed by atoms with E-state index >= 15 is 0 Å². The van der Waals surface area contributed by atoms with E-state index in [1.54, 1.807) is 0 Å². The highest BCUT2D eigenvalue weighted by atomic mass is 16.2. The van der Waals surface area contributed by atoms with Crippen LogP contribution in [0, 0.1) is 0 Å². The van der Waals surface area contributed by atoms with Gasteiger partial charge in [0, 0.05) is 17.8 Å². The molecule has 0 aromatic heterocycles. The van der Waals surface area contributed by atoms with E-state index in [0.717, 1.165) is 35.4 Å². The van der Waals surface area contributed by atoms with Gasteiger partial charge in [-0.2, -0.15) is 0 Å². The second-order valence-electron chi connectivity index (χ2n) is 6.17. The minimum Gasteiger partial charge on any atom is -0.308 e. The van der Waals surface area contributed by atoms with Crippen molar-refractivity contribution in [2.24, 2.45) is 0 Å². The van der Waals surface area contributed by atoms with Gasteiger partial charge in [-0.3, -0.25) is 4.79 Å². The average molecular weight is 325 g/mol. The van der Waals surface area contributed by atoms with Gasteiger partial charge >= 0.3 is 0 Å². The molecule has 4 rings (SSSR count). The zero-order valence-electron chi connectivity index (χ0n) is 13.9. The summed E-state index contributed by atoms with van der Waals surface area (Å²) in [6.07, 6.45) is 2.90. The average Bonchev–Trinajstić information content (AvgIpc) is 3.11. The Kier molecular flexibility index (Phi) is 4.17. The number of nitrogens with zero attached hydrogens (tertiary/aromatic N) is 1. The van der Waals surface area contributed by atoms with Gasteiger partial charge in [-0.05, 0) is 35.3 Å². The van der Waals surface area contributed by atoms with Crippen LogP contribution in [0.3, 0.4) is 0 Å². The van der Waals surface area contributed by atoms with Gasteiger partial charge in [-0.1, -0.05) is 78.9 Å². The Morgan fingerprint density at radius 2 is 1.44 bits per heavy atom. The van der Waals surface area contributed by atoms with Crippen LogP contribution in [0.4, 0.5) is 5.69 Å². The van der Waals surface area contributed by atoms with Crippen molar-refractivity contribution in [2.75, 3.05) is 11.4 Å². The first-order chi connectivity index (χ1) is 12.3. The molecule has 2 nitrogen and oxygen atoms in total. The standard InChI is InChI=1S/C23H19NO/c25-23(24-16-15-20-13-7-8-14-22(20)24)21(19-11-5-2-6-12-19)17-18-9-3-1-4-10-18/h1-14,17H,15-16H2/b21-17-. The monoisotopic (exact) mass is 325 g/mol. The van der Waals surface area contributed by atoms with Crippen LogP contribution in [-0.4, -0.2) is 12.5 Å². The summed E-state index contributed by atoms with van der Waals surface area (Å²) in [4.78, 5) is 15.3. The summed E-state index contributed by atoms with van der Waals surface area (Å²) >= 11 is 0. The van der Waals surface area contributed by atoms with Gasteiger partial charge in [0.1, 0.15) is 0 Å². The van der Waals surface area contributed by atoms with E-state index in [1.165, 1.54) is 5.56 Å². The largest absolute Gasteiger partial charge is 0.308 e. The minimum absolute atomic E-state index is 0.0556. The SMILES string of the molecule is O=C(/C(=C\c1ccccc1)c1ccccc1)N1CCc2ccccc21. The summed E-state index contributed by atoms with van der Waals surface area (Å²) in [7, 11) is 0. The van der Waals surface area contributed by atoms with Gasteiger partial charge in [-0.15, -0.1) is 0 Å². The number of hydrogen-bond donors (Lipinski definition) is 0. The van der Waals surface area contributed by atoms with Crippen LogP contribution in [0.15, 0.2) is 84.9 Å². The Labute approximate surface area is 148 Å². The highest BCUT2D eigenvalue weighted by molar-refractivity contribution is 6.30. The van der Waals surface area contributed by atoms with E-state index in [4.69, 9.17) is 0 Å². The maximum absolute atomic E-state index is 13.4. The van der Waals surface area contributed by atoms with Crippen LogP contribution in [0.2, 0.25) is 0 Å². The van der Waals surface area contributed by atoms with Crippen LogP contribution in [-0.2, 0) is 11.2 Å². The fourth-order valence-electron chi connectivity index (χ4n) is 3.30. The lowest BCUT2D eigenvalue weighted by atomic mass is 10.0. The number of carbonyl (C=O) groups is 1. The first-order valence-electron chi connectivity index (χ1n) is 8.55. The quantitative estimate of drug-likeness (QED) is 0.499. The van der Waals surface area contributed by atoms with Gasteiger partial charge in [0.2, 0.25) is 0 Å². The summed E-state index contributed by atoms with van der Waals surface area (Å²) in [5.41, 5.74) is 4.97. The number of fused-ring (bicyclic) bond motifs is 1. The lowest BCUT2D eigenvalue weighted by molar-refractivity contribution is -0.113. The highest BCUT2D eigenvalue weighted by Gasteiger charge is 2.27. The molecule has 0 saturated heterocycles. The molecule has 1 aliphatic rings. The van der Waals surface area contributed by atoms with Gasteiger partial charge in [0.25, 0.3) is 5.91 Å². The van der Waals surface area contributed by atoms with E-state index in [9.17, 15) is 4.79 Å². The van der Waals surface area contributed by atoms with Crippen molar-refractivity contribution in [2.45, 2.75) is 6.42 Å². The lowest BCUT2D eigenvalue weighted by Crippen LogP contribution is -2.29. The molecule has 3 aromatic rings. The van der Waals surface area contributed by atoms with Crippen molar-refractivity contribution in [3.05, 3.63) is 102 Å². The van der Waals surface area contributed by atoms with Crippen LogP contribution >= 0.6 is 0 Å². The predicted molar refractivity (Wildman–Crippen MR) is 103 cm³/mol. The normalized spacial score (nSPS) is 13.6. The van der Waals surface area contributed by atoms with Gasteiger partial charge < -0.3 is 4.90 Å². The van der Waals surface area contributed by atoms with E-state index in [-0.39, 0.29) is 5.91 Å². The Bertz CT molecular complexity index is 913. The number of carbonyl (C=O) groups excluding carboxylic acids is 1. The summed E-state index contributed by atoms with van der Waals surface area (Å²) in [6, 6.07) is 28.1. The Balaban J connectivity index is 1.77. The number of anilines is 1. The molecule has 0 atom stereocenters. The summed E-state index contributed by atoms with van der Waals surface area (Å²) in [5.74, 6) is 0.0556. The molecular formula is C23H19NO. The lowest BCUT2D eigenvalue weighted by Gasteiger charge is -2.19. The number of benzene rings is 3. The molecule has 0 bridgehead atoms. The maximum Gasteiger partial charge on any atom is 0.258 e. The summed E-state index contributed by atoms with van der Waals surface area (Å²) in [6.45, 7) is 0.733. The maximum atomic E-state index is 13.4. The molecule has 0 radical (unpaired) electrons. The van der Waals surface area contributed by atoms with Crippen molar-refractivity contribution in [3.63, 3.8) is 0 Å². The first-order valence-corrected chi connectivity index (χ1v) is 8.55. The zero-order valence-corrected chi connectivity index (χ0v) is 13.9. The molecule has 0 unspecified atom stereocenters. The molecule has 0 N–H and O–H groups in total. The molecule has 0 fully saturated rings. The summed E-state index contributed by atoms with van der Waals surface area (Å²) in [5, 5.41) is 0. The molecule has 122 valence electrons. The third kappa shape index (κ3) is 3.11. The van der Waals surface area contributed by atoms with Crippen molar-refractivity contribution < 1.29 is 4.79 Å². The molecule has 0 aliphatic carbocycles. The van der Waals surface area contributed by atoms with Gasteiger partial charge in [0.05, 0.1) is 0 Å². The molecule has 0 saturated carbocycles. The van der Waals surface area contributed by atoms with Crippen LogP contribution in [0.25, 0.3) is 11.6 Å². The number of hydrogen-bond acceptors (Lipinski definition) is 1. The highest BCUT2D eigenvalue weighted by Crippen LogP contribution is 2.31. The second-order valence-corrected chi connectivity index (χ2v) is 6.17. The molecule has 2 heteroatoms. The summed E-state index contributed by atoms with van der Waals surface area (Å²) < 4.78 is 0. The first kappa shape index (κ1) is 15.4. The Hall–Kier alpha value is -3.13. The molecule has 25 heavy (non-hydrogen) atoms. The fraction of sp³-hybridized carbons (Fsp3) is 0.0870. The second kappa shape index (κ2) is 6.78. The molecule has 0 spiro atoms. The van der Waals surface area contributed by atoms with E-state index in [2.05, 4.69) is 6.07 Å². The van der Waals surface area contributed by atoms with Crippen LogP contribution < -0.4 is 4.90 Å². The number of rotatable bonds is 3. The topological polar surface area (TPSA) is 20.3 Å². The minimum atomic E-state index is 0.0556. The van der Waals surface area contributed by atoms with Crippen LogP contribution in [0.1, 0.15) is 16.7 Å². The predicted octanol–water partition coefficient (Wildman–Crippen LogP) is 4.82. The fourth-order valence-corrected chi connectivity index (χ4v) is 3.30. The zero-order chi connectivity index (χ0) is 17.1. The van der Waals surface area contributed by atoms with Crippen molar-refractivity contribution in [1.82, 2.24) is 0 Å². The Morgan fingerprint density at radius 3 is 2.20 bits per heavy atom. The molecular weight excluding hydrogens is 306 g/mol. The van der Waals surface area contributed by atoms with Crippen molar-refractivity contribution in [3.8, 4) is 0 Å². The van der Waals surface area contributed by atoms with E-state index < -0.39 is 0 Å². The van der Waals surface area contributed by atoms with Gasteiger partial charge in [-0.25, -0.2) is 0 Å². The Morgan fingerprint density at radius 1 is 0.800 bits per heavy atom.